The van der Waals surface area contributed by atoms with Crippen LogP contribution in [-0.4, -0.2) is 23.5 Å². The highest BCUT2D eigenvalue weighted by atomic mass is 32.2. The molecule has 0 unspecified atom stereocenters. The topological polar surface area (TPSA) is 67.4 Å². The van der Waals surface area contributed by atoms with E-state index in [0.29, 0.717) is 5.75 Å². The Balaban J connectivity index is 2.30. The van der Waals surface area contributed by atoms with Crippen molar-refractivity contribution in [3.8, 4) is 5.75 Å². The van der Waals surface area contributed by atoms with Crippen LogP contribution in [0.5, 0.6) is 5.75 Å². The van der Waals surface area contributed by atoms with Gasteiger partial charge in [0.2, 0.25) is 0 Å². The second kappa shape index (κ2) is 7.88. The Hall–Kier alpha value is -1.34. The summed E-state index contributed by atoms with van der Waals surface area (Å²) in [6.07, 6.45) is 1.17. The Morgan fingerprint density at radius 1 is 1.33 bits per heavy atom. The summed E-state index contributed by atoms with van der Waals surface area (Å²) in [7, 11) is 0. The van der Waals surface area contributed by atoms with Crippen molar-refractivity contribution < 1.29 is 14.3 Å². The Bertz CT molecular complexity index is 427. The number of benzene rings is 1. The lowest BCUT2D eigenvalue weighted by molar-refractivity contribution is 0.202. The Morgan fingerprint density at radius 2 is 2.06 bits per heavy atom. The van der Waals surface area contributed by atoms with Crippen LogP contribution < -0.4 is 14.8 Å². The second-order valence-corrected chi connectivity index (χ2v) is 4.77. The van der Waals surface area contributed by atoms with Crippen molar-refractivity contribution in [2.45, 2.75) is 6.92 Å². The molecule has 18 heavy (non-hydrogen) atoms. The summed E-state index contributed by atoms with van der Waals surface area (Å²) in [4.78, 5) is 22.5. The van der Waals surface area contributed by atoms with E-state index in [2.05, 4.69) is 10.0 Å². The first-order chi connectivity index (χ1) is 8.63. The van der Waals surface area contributed by atoms with Crippen LogP contribution in [0.2, 0.25) is 0 Å². The maximum absolute atomic E-state index is 11.4. The number of amides is 2. The molecular weight excluding hydrogens is 272 g/mol. The zero-order chi connectivity index (χ0) is 13.4. The normalized spacial score (nSPS) is 9.67. The molecule has 0 aromatic heterocycles. The first-order valence-electron chi connectivity index (χ1n) is 5.10. The minimum Gasteiger partial charge on any atom is -0.410 e. The summed E-state index contributed by atoms with van der Waals surface area (Å²) < 4.78 is 7.61. The van der Waals surface area contributed by atoms with Crippen molar-refractivity contribution in [1.82, 2.24) is 10.0 Å². The van der Waals surface area contributed by atoms with Crippen LogP contribution in [0.15, 0.2) is 24.3 Å². The predicted molar refractivity (Wildman–Crippen MR) is 74.8 cm³/mol. The number of hydrogen-bond acceptors (Lipinski definition) is 5. The van der Waals surface area contributed by atoms with Gasteiger partial charge in [0.1, 0.15) is 5.75 Å². The van der Waals surface area contributed by atoms with Crippen LogP contribution in [-0.2, 0) is 0 Å². The van der Waals surface area contributed by atoms with Gasteiger partial charge in [-0.1, -0.05) is 30.1 Å². The van der Waals surface area contributed by atoms with Gasteiger partial charge < -0.3 is 10.1 Å². The molecule has 0 fully saturated rings. The molecule has 0 saturated heterocycles. The molecule has 7 heteroatoms. The zero-order valence-electron chi connectivity index (χ0n) is 10.1. The maximum Gasteiger partial charge on any atom is 0.413 e. The van der Waals surface area contributed by atoms with Gasteiger partial charge in [-0.25, -0.2) is 4.79 Å². The molecule has 5 nitrogen and oxygen atoms in total. The van der Waals surface area contributed by atoms with E-state index in [0.717, 1.165) is 17.3 Å². The first-order valence-corrected chi connectivity index (χ1v) is 7.31. The third-order valence-corrected chi connectivity index (χ3v) is 3.07. The average molecular weight is 286 g/mol. The van der Waals surface area contributed by atoms with E-state index in [9.17, 15) is 9.59 Å². The van der Waals surface area contributed by atoms with Gasteiger partial charge in [-0.3, -0.25) is 9.52 Å². The van der Waals surface area contributed by atoms with Crippen LogP contribution in [0.3, 0.4) is 0 Å². The highest BCUT2D eigenvalue weighted by molar-refractivity contribution is 8.15. The molecule has 2 N–H and O–H groups in total. The number of nitrogens with one attached hydrogen (secondary N) is 2. The van der Waals surface area contributed by atoms with Gasteiger partial charge in [-0.2, -0.15) is 0 Å². The fourth-order valence-electron chi connectivity index (χ4n) is 1.08. The number of thioether (sulfide) groups is 1. The minimum atomic E-state index is -0.575. The first kappa shape index (κ1) is 14.7. The molecule has 0 aliphatic heterocycles. The molecule has 0 heterocycles. The minimum absolute atomic E-state index is 0.164. The average Bonchev–Trinajstić information content (AvgIpc) is 2.32. The predicted octanol–water partition coefficient (Wildman–Crippen LogP) is 2.76. The Kier molecular flexibility index (Phi) is 6.45. The lowest BCUT2D eigenvalue weighted by Crippen LogP contribution is -2.27. The third kappa shape index (κ3) is 5.33. The standard InChI is InChI=1S/C11H14N2O3S2/c1-8-5-3-4-6-9(8)16-10(14)12-7-18-11(15)13-17-2/h3-6H,7H2,1-2H3,(H,12,14)(H,13,15). The van der Waals surface area contributed by atoms with E-state index in [1.54, 1.807) is 18.4 Å². The SMILES string of the molecule is CSNC(=O)SCNC(=O)Oc1ccccc1C. The summed E-state index contributed by atoms with van der Waals surface area (Å²) in [5.74, 6) is 0.672. The molecular formula is C11H14N2O3S2. The Morgan fingerprint density at radius 3 is 2.72 bits per heavy atom. The molecule has 98 valence electrons. The van der Waals surface area contributed by atoms with E-state index >= 15 is 0 Å². The fourth-order valence-corrected chi connectivity index (χ4v) is 2.05. The van der Waals surface area contributed by atoms with Gasteiger partial charge >= 0.3 is 6.09 Å². The van der Waals surface area contributed by atoms with E-state index < -0.39 is 6.09 Å². The quantitative estimate of drug-likeness (QED) is 0.658. The van der Waals surface area contributed by atoms with Gasteiger partial charge in [0.05, 0.1) is 5.88 Å². The van der Waals surface area contributed by atoms with Gasteiger partial charge in [-0.15, -0.1) is 0 Å². The van der Waals surface area contributed by atoms with Crippen molar-refractivity contribution >= 4 is 35.0 Å². The van der Waals surface area contributed by atoms with Crippen LogP contribution in [0.4, 0.5) is 9.59 Å². The number of rotatable bonds is 4. The highest BCUT2D eigenvalue weighted by Gasteiger charge is 2.07. The van der Waals surface area contributed by atoms with Crippen molar-refractivity contribution in [1.29, 1.82) is 0 Å². The molecule has 1 aromatic carbocycles. The number of carbonyl (C=O) groups is 2. The van der Waals surface area contributed by atoms with E-state index in [1.807, 2.05) is 19.1 Å². The van der Waals surface area contributed by atoms with Gasteiger partial charge in [0.15, 0.2) is 0 Å². The number of hydrogen-bond donors (Lipinski definition) is 2. The van der Waals surface area contributed by atoms with Gasteiger partial charge in [0, 0.05) is 6.26 Å². The number of aryl methyl sites for hydroxylation is 1. The molecule has 0 bridgehead atoms. The molecule has 1 aromatic rings. The van der Waals surface area contributed by atoms with E-state index in [-0.39, 0.29) is 11.1 Å². The maximum atomic E-state index is 11.4. The molecule has 0 saturated carbocycles. The lowest BCUT2D eigenvalue weighted by Gasteiger charge is -2.07. The van der Waals surface area contributed by atoms with Gasteiger partial charge in [-0.05, 0) is 30.3 Å². The van der Waals surface area contributed by atoms with Crippen molar-refractivity contribution in [2.75, 3.05) is 12.1 Å². The second-order valence-electron chi connectivity index (χ2n) is 3.21. The summed E-state index contributed by atoms with van der Waals surface area (Å²) in [5.41, 5.74) is 0.875. The fraction of sp³-hybridized carbons (Fsp3) is 0.273. The molecule has 2 amide bonds. The summed E-state index contributed by atoms with van der Waals surface area (Å²) in [6, 6.07) is 7.21. The molecule has 0 radical (unpaired) electrons. The molecule has 0 aliphatic carbocycles. The van der Waals surface area contributed by atoms with Gasteiger partial charge in [0.25, 0.3) is 5.24 Å². The van der Waals surface area contributed by atoms with Crippen LogP contribution in [0.25, 0.3) is 0 Å². The van der Waals surface area contributed by atoms with Crippen molar-refractivity contribution in [2.24, 2.45) is 0 Å². The molecule has 0 atom stereocenters. The van der Waals surface area contributed by atoms with E-state index in [1.165, 1.54) is 11.9 Å². The molecule has 0 spiro atoms. The lowest BCUT2D eigenvalue weighted by atomic mass is 10.2. The molecule has 0 aliphatic rings. The van der Waals surface area contributed by atoms with Crippen molar-refractivity contribution in [3.63, 3.8) is 0 Å². The number of para-hydroxylation sites is 1. The van der Waals surface area contributed by atoms with Crippen molar-refractivity contribution in [3.05, 3.63) is 29.8 Å². The van der Waals surface area contributed by atoms with Crippen LogP contribution in [0.1, 0.15) is 5.56 Å². The zero-order valence-corrected chi connectivity index (χ0v) is 11.7. The van der Waals surface area contributed by atoms with E-state index in [4.69, 9.17) is 4.74 Å². The third-order valence-electron chi connectivity index (χ3n) is 1.90. The number of carbonyl (C=O) groups excluding carboxylic acids is 2. The summed E-state index contributed by atoms with van der Waals surface area (Å²) >= 11 is 2.17. The Labute approximate surface area is 114 Å². The van der Waals surface area contributed by atoms with Crippen LogP contribution >= 0.6 is 23.7 Å². The number of ether oxygens (including phenoxy) is 1. The highest BCUT2D eigenvalue weighted by Crippen LogP contribution is 2.16. The molecule has 1 rings (SSSR count). The smallest absolute Gasteiger partial charge is 0.410 e. The monoisotopic (exact) mass is 286 g/mol. The van der Waals surface area contributed by atoms with Crippen LogP contribution in [0, 0.1) is 6.92 Å². The largest absolute Gasteiger partial charge is 0.413 e. The summed E-state index contributed by atoms with van der Waals surface area (Å²) in [6.45, 7) is 1.85. The summed E-state index contributed by atoms with van der Waals surface area (Å²) in [5, 5.41) is 2.27.